The number of nitrogens with one attached hydrogen (secondary N) is 2. The molecule has 2 saturated heterocycles. The quantitative estimate of drug-likeness (QED) is 0.701. The van der Waals surface area contributed by atoms with E-state index >= 15 is 0 Å². The lowest BCUT2D eigenvalue weighted by molar-refractivity contribution is -0.146. The maximum Gasteiger partial charge on any atom is 0.252 e. The van der Waals surface area contributed by atoms with Crippen LogP contribution < -0.4 is 10.6 Å². The van der Waals surface area contributed by atoms with E-state index in [-0.39, 0.29) is 30.7 Å². The molecular weight excluding hydrogens is 337 g/mol. The molecule has 2 rings (SSSR count). The smallest absolute Gasteiger partial charge is 0.252 e. The summed E-state index contributed by atoms with van der Waals surface area (Å²) in [6.45, 7) is 8.31. The summed E-state index contributed by atoms with van der Waals surface area (Å²) in [6.07, 6.45) is 5.18. The van der Waals surface area contributed by atoms with E-state index < -0.39 is 5.60 Å². The summed E-state index contributed by atoms with van der Waals surface area (Å²) in [5.74, 6) is 0.946. The number of ether oxygens (including phenoxy) is 1. The second-order valence-electron chi connectivity index (χ2n) is 6.58. The molecule has 7 heteroatoms. The van der Waals surface area contributed by atoms with E-state index in [4.69, 9.17) is 4.74 Å². The summed E-state index contributed by atoms with van der Waals surface area (Å²) in [4.78, 5) is 14.9. The molecule has 0 atom stereocenters. The second-order valence-corrected chi connectivity index (χ2v) is 6.58. The van der Waals surface area contributed by atoms with Crippen molar-refractivity contribution in [3.8, 4) is 0 Å². The first-order valence-corrected chi connectivity index (χ1v) is 8.43. The highest BCUT2D eigenvalue weighted by molar-refractivity contribution is 5.86. The number of likely N-dealkylation sites (tertiary alicyclic amines) is 1. The van der Waals surface area contributed by atoms with Crippen LogP contribution in [0.25, 0.3) is 0 Å². The zero-order valence-corrected chi connectivity index (χ0v) is 16.1. The number of rotatable bonds is 6. The number of amides is 1. The molecule has 138 valence electrons. The molecule has 2 fully saturated rings. The lowest BCUT2D eigenvalue weighted by Crippen LogP contribution is -2.54. The molecule has 5 nitrogen and oxygen atoms in total. The van der Waals surface area contributed by atoms with Crippen LogP contribution in [-0.4, -0.2) is 62.8 Å². The van der Waals surface area contributed by atoms with Gasteiger partial charge in [-0.1, -0.05) is 6.92 Å². The lowest BCUT2D eigenvalue weighted by Gasteiger charge is -2.35. The van der Waals surface area contributed by atoms with Crippen molar-refractivity contribution in [1.29, 1.82) is 0 Å². The fourth-order valence-electron chi connectivity index (χ4n) is 3.31. The Balaban J connectivity index is 0.00000242. The van der Waals surface area contributed by atoms with Crippen LogP contribution in [0.2, 0.25) is 0 Å². The van der Waals surface area contributed by atoms with Crippen LogP contribution in [0.4, 0.5) is 0 Å². The molecule has 0 bridgehead atoms. The summed E-state index contributed by atoms with van der Waals surface area (Å²) in [7, 11) is 1.65. The van der Waals surface area contributed by atoms with Crippen molar-refractivity contribution in [3.05, 3.63) is 0 Å². The first kappa shape index (κ1) is 22.9. The zero-order chi connectivity index (χ0) is 15.1. The van der Waals surface area contributed by atoms with E-state index in [2.05, 4.69) is 22.5 Å². The summed E-state index contributed by atoms with van der Waals surface area (Å²) in [6, 6.07) is 0. The Bertz CT molecular complexity index is 331. The Morgan fingerprint density at radius 2 is 1.87 bits per heavy atom. The van der Waals surface area contributed by atoms with Crippen molar-refractivity contribution in [1.82, 2.24) is 15.5 Å². The first-order valence-electron chi connectivity index (χ1n) is 8.43. The standard InChI is InChI=1S/C16H31N3O2.2ClH/c1-14-4-12-19(13-5-14)11-3-8-18-15(20)16(21-2)6-9-17-10-7-16;;/h14,17H,3-13H2,1-2H3,(H,18,20);2*1H. The molecule has 2 aliphatic heterocycles. The Morgan fingerprint density at radius 1 is 1.26 bits per heavy atom. The molecule has 0 radical (unpaired) electrons. The molecule has 0 aliphatic carbocycles. The fraction of sp³-hybridized carbons (Fsp3) is 0.938. The van der Waals surface area contributed by atoms with E-state index in [1.54, 1.807) is 7.11 Å². The molecule has 0 unspecified atom stereocenters. The number of carbonyl (C=O) groups is 1. The molecular formula is C16H33Cl2N3O2. The number of carbonyl (C=O) groups excluding carboxylic acids is 1. The number of methoxy groups -OCH3 is 1. The van der Waals surface area contributed by atoms with Gasteiger partial charge in [0.15, 0.2) is 0 Å². The van der Waals surface area contributed by atoms with Crippen LogP contribution in [0.3, 0.4) is 0 Å². The maximum atomic E-state index is 12.4. The lowest BCUT2D eigenvalue weighted by atomic mass is 9.91. The van der Waals surface area contributed by atoms with Crippen molar-refractivity contribution >= 4 is 30.7 Å². The van der Waals surface area contributed by atoms with E-state index in [1.165, 1.54) is 25.9 Å². The normalized spacial score (nSPS) is 21.8. The predicted molar refractivity (Wildman–Crippen MR) is 98.8 cm³/mol. The molecule has 0 aromatic heterocycles. The average Bonchev–Trinajstić information content (AvgIpc) is 2.53. The molecule has 1 amide bonds. The summed E-state index contributed by atoms with van der Waals surface area (Å²) in [5.41, 5.74) is -0.605. The van der Waals surface area contributed by atoms with Crippen molar-refractivity contribution in [3.63, 3.8) is 0 Å². The van der Waals surface area contributed by atoms with E-state index in [9.17, 15) is 4.79 Å². The second kappa shape index (κ2) is 11.5. The van der Waals surface area contributed by atoms with Gasteiger partial charge in [-0.3, -0.25) is 4.79 Å². The molecule has 2 heterocycles. The first-order chi connectivity index (χ1) is 10.2. The minimum atomic E-state index is -0.605. The minimum Gasteiger partial charge on any atom is -0.368 e. The van der Waals surface area contributed by atoms with Gasteiger partial charge in [-0.05, 0) is 70.7 Å². The van der Waals surface area contributed by atoms with Gasteiger partial charge in [-0.15, -0.1) is 24.8 Å². The van der Waals surface area contributed by atoms with Gasteiger partial charge >= 0.3 is 0 Å². The van der Waals surface area contributed by atoms with Crippen molar-refractivity contribution in [2.24, 2.45) is 5.92 Å². The highest BCUT2D eigenvalue weighted by Gasteiger charge is 2.39. The molecule has 0 aromatic carbocycles. The molecule has 0 spiro atoms. The minimum absolute atomic E-state index is 0. The third-order valence-corrected chi connectivity index (χ3v) is 5.03. The van der Waals surface area contributed by atoms with Crippen LogP contribution in [-0.2, 0) is 9.53 Å². The highest BCUT2D eigenvalue weighted by Crippen LogP contribution is 2.22. The van der Waals surface area contributed by atoms with E-state index in [0.717, 1.165) is 51.4 Å². The highest BCUT2D eigenvalue weighted by atomic mass is 35.5. The zero-order valence-electron chi connectivity index (χ0n) is 14.4. The van der Waals surface area contributed by atoms with Gasteiger partial charge in [0.25, 0.3) is 5.91 Å². The van der Waals surface area contributed by atoms with Gasteiger partial charge in [0, 0.05) is 13.7 Å². The molecule has 2 aliphatic rings. The largest absolute Gasteiger partial charge is 0.368 e. The van der Waals surface area contributed by atoms with Crippen LogP contribution in [0.15, 0.2) is 0 Å². The molecule has 0 saturated carbocycles. The van der Waals surface area contributed by atoms with Gasteiger partial charge in [-0.2, -0.15) is 0 Å². The maximum absolute atomic E-state index is 12.4. The number of hydrogen-bond donors (Lipinski definition) is 2. The average molecular weight is 370 g/mol. The Kier molecular flexibility index (Phi) is 11.4. The molecule has 0 aromatic rings. The third kappa shape index (κ3) is 6.75. The Hall–Kier alpha value is -0.0700. The van der Waals surface area contributed by atoms with E-state index in [1.807, 2.05) is 0 Å². The van der Waals surface area contributed by atoms with Crippen LogP contribution in [0, 0.1) is 5.92 Å². The number of halogens is 2. The van der Waals surface area contributed by atoms with Crippen molar-refractivity contribution in [2.75, 3.05) is 46.4 Å². The van der Waals surface area contributed by atoms with Gasteiger partial charge in [0.1, 0.15) is 5.60 Å². The van der Waals surface area contributed by atoms with Crippen LogP contribution in [0.5, 0.6) is 0 Å². The Labute approximate surface area is 153 Å². The summed E-state index contributed by atoms with van der Waals surface area (Å²) >= 11 is 0. The topological polar surface area (TPSA) is 53.6 Å². The number of hydrogen-bond acceptors (Lipinski definition) is 4. The number of nitrogens with zero attached hydrogens (tertiary/aromatic N) is 1. The molecule has 23 heavy (non-hydrogen) atoms. The van der Waals surface area contributed by atoms with Crippen LogP contribution in [0.1, 0.15) is 39.0 Å². The van der Waals surface area contributed by atoms with Crippen molar-refractivity contribution < 1.29 is 9.53 Å². The fourth-order valence-corrected chi connectivity index (χ4v) is 3.31. The SMILES string of the molecule is COC1(C(=O)NCCCN2CCC(C)CC2)CCNCC1.Cl.Cl. The molecule has 2 N–H and O–H groups in total. The predicted octanol–water partition coefficient (Wildman–Crippen LogP) is 1.84. The van der Waals surface area contributed by atoms with Crippen LogP contribution >= 0.6 is 24.8 Å². The monoisotopic (exact) mass is 369 g/mol. The van der Waals surface area contributed by atoms with Gasteiger partial charge in [0.05, 0.1) is 0 Å². The summed E-state index contributed by atoms with van der Waals surface area (Å²) < 4.78 is 5.54. The van der Waals surface area contributed by atoms with Gasteiger partial charge in [-0.25, -0.2) is 0 Å². The van der Waals surface area contributed by atoms with E-state index in [0.29, 0.717) is 0 Å². The van der Waals surface area contributed by atoms with Gasteiger partial charge < -0.3 is 20.3 Å². The van der Waals surface area contributed by atoms with Crippen molar-refractivity contribution in [2.45, 2.75) is 44.6 Å². The number of piperidine rings is 2. The third-order valence-electron chi connectivity index (χ3n) is 5.03. The Morgan fingerprint density at radius 3 is 2.43 bits per heavy atom. The van der Waals surface area contributed by atoms with Gasteiger partial charge in [0.2, 0.25) is 0 Å². The summed E-state index contributed by atoms with van der Waals surface area (Å²) in [5, 5.41) is 6.35.